The van der Waals surface area contributed by atoms with Crippen LogP contribution in [0.1, 0.15) is 48.1 Å². The molecule has 2 aromatic heterocycles. The topological polar surface area (TPSA) is 72.2 Å². The fourth-order valence-electron chi connectivity index (χ4n) is 3.25. The largest absolute Gasteiger partial charge is 0.433 e. The monoisotopic (exact) mass is 457 g/mol. The van der Waals surface area contributed by atoms with Crippen molar-refractivity contribution in [2.45, 2.75) is 32.4 Å². The number of rotatable bonds is 5. The first-order chi connectivity index (χ1) is 15.7. The Labute approximate surface area is 186 Å². The Morgan fingerprint density at radius 3 is 2.33 bits per heavy atom. The minimum Gasteiger partial charge on any atom is -0.319 e. The molecule has 0 aliphatic carbocycles. The molecule has 0 radical (unpaired) electrons. The van der Waals surface area contributed by atoms with Crippen molar-refractivity contribution in [3.63, 3.8) is 0 Å². The van der Waals surface area contributed by atoms with Gasteiger partial charge in [-0.25, -0.2) is 9.37 Å². The Bertz CT molecular complexity index is 1300. The molecule has 1 atom stereocenters. The fraction of sp³-hybridized carbons (Fsp3) is 0.217. The number of carbonyl (C=O) groups excluding carboxylic acids is 1. The summed E-state index contributed by atoms with van der Waals surface area (Å²) in [7, 11) is 0. The first kappa shape index (κ1) is 22.4. The molecule has 0 fully saturated rings. The second kappa shape index (κ2) is 8.61. The Morgan fingerprint density at radius 1 is 1.06 bits per heavy atom. The van der Waals surface area contributed by atoms with Gasteiger partial charge in [-0.2, -0.15) is 22.7 Å². The van der Waals surface area contributed by atoms with E-state index in [1.54, 1.807) is 12.1 Å². The van der Waals surface area contributed by atoms with Crippen molar-refractivity contribution in [2.24, 2.45) is 0 Å². The van der Waals surface area contributed by atoms with Gasteiger partial charge in [0.15, 0.2) is 5.69 Å². The maximum absolute atomic E-state index is 13.7. The number of carbonyl (C=O) groups is 1. The van der Waals surface area contributed by atoms with Crippen LogP contribution in [0.2, 0.25) is 0 Å². The predicted octanol–water partition coefficient (Wildman–Crippen LogP) is 5.72. The van der Waals surface area contributed by atoms with Crippen LogP contribution in [0, 0.1) is 5.82 Å². The lowest BCUT2D eigenvalue weighted by Gasteiger charge is -2.10. The van der Waals surface area contributed by atoms with E-state index in [4.69, 9.17) is 0 Å². The summed E-state index contributed by atoms with van der Waals surface area (Å²) >= 11 is 0. The average molecular weight is 457 g/mol. The van der Waals surface area contributed by atoms with Crippen LogP contribution in [0.15, 0.2) is 54.6 Å². The highest BCUT2D eigenvalue weighted by Crippen LogP contribution is 2.32. The van der Waals surface area contributed by atoms with Crippen LogP contribution in [0.5, 0.6) is 0 Å². The summed E-state index contributed by atoms with van der Waals surface area (Å²) in [6, 6.07) is 12.8. The molecular formula is C23H19F4N5O. The van der Waals surface area contributed by atoms with E-state index in [0.29, 0.717) is 16.1 Å². The highest BCUT2D eigenvalue weighted by molar-refractivity contribution is 6.01. The van der Waals surface area contributed by atoms with E-state index in [0.717, 1.165) is 30.2 Å². The molecule has 0 spiro atoms. The van der Waals surface area contributed by atoms with E-state index in [1.165, 1.54) is 12.1 Å². The molecule has 1 amide bonds. The van der Waals surface area contributed by atoms with Crippen molar-refractivity contribution < 1.29 is 22.4 Å². The minimum absolute atomic E-state index is 0.0742. The summed E-state index contributed by atoms with van der Waals surface area (Å²) in [6.07, 6.45) is -3.82. The predicted molar refractivity (Wildman–Crippen MR) is 114 cm³/mol. The van der Waals surface area contributed by atoms with Gasteiger partial charge in [0, 0.05) is 11.3 Å². The van der Waals surface area contributed by atoms with E-state index in [9.17, 15) is 22.4 Å². The summed E-state index contributed by atoms with van der Waals surface area (Å²) in [5, 5.41) is 6.32. The molecule has 4 rings (SSSR count). The molecule has 0 saturated carbocycles. The van der Waals surface area contributed by atoms with E-state index >= 15 is 0 Å². The number of halogens is 4. The summed E-state index contributed by atoms with van der Waals surface area (Å²) in [5.74, 6) is -1.81. The first-order valence-corrected chi connectivity index (χ1v) is 10.2. The van der Waals surface area contributed by atoms with Gasteiger partial charge in [-0.05, 0) is 60.4 Å². The molecule has 6 nitrogen and oxygen atoms in total. The average Bonchev–Trinajstić information content (AvgIpc) is 3.22. The SMILES string of the molecule is CC[C@H](C)c1ccc(NC(=O)c2nc3nc(-c4ccc(F)cc4)cc(C(F)(F)F)n3n2)cc1. The lowest BCUT2D eigenvalue weighted by atomic mass is 9.99. The molecule has 170 valence electrons. The van der Waals surface area contributed by atoms with Crippen LogP contribution in [0.25, 0.3) is 17.0 Å². The van der Waals surface area contributed by atoms with Gasteiger partial charge >= 0.3 is 6.18 Å². The zero-order valence-corrected chi connectivity index (χ0v) is 17.7. The minimum atomic E-state index is -4.79. The second-order valence-electron chi connectivity index (χ2n) is 7.56. The molecule has 0 unspecified atom stereocenters. The number of anilines is 1. The van der Waals surface area contributed by atoms with Crippen molar-refractivity contribution in [1.29, 1.82) is 0 Å². The second-order valence-corrected chi connectivity index (χ2v) is 7.56. The summed E-state index contributed by atoms with van der Waals surface area (Å²) in [6.45, 7) is 4.15. The number of hydrogen-bond donors (Lipinski definition) is 1. The van der Waals surface area contributed by atoms with Crippen LogP contribution >= 0.6 is 0 Å². The van der Waals surface area contributed by atoms with Crippen LogP contribution in [0.3, 0.4) is 0 Å². The van der Waals surface area contributed by atoms with Gasteiger partial charge in [0.25, 0.3) is 11.7 Å². The standard InChI is InChI=1S/C23H19F4N5O/c1-3-13(2)14-6-10-17(11-7-14)28-21(33)20-30-22-29-18(15-4-8-16(24)9-5-15)12-19(23(25,26)27)32(22)31-20/h4-13H,3H2,1-2H3,(H,28,33)/t13-/m0/s1. The zero-order valence-electron chi connectivity index (χ0n) is 17.7. The number of benzene rings is 2. The van der Waals surface area contributed by atoms with Crippen molar-refractivity contribution in [2.75, 3.05) is 5.32 Å². The van der Waals surface area contributed by atoms with E-state index in [2.05, 4.69) is 34.2 Å². The maximum Gasteiger partial charge on any atom is 0.433 e. The zero-order chi connectivity index (χ0) is 23.8. The lowest BCUT2D eigenvalue weighted by Crippen LogP contribution is -2.16. The number of alkyl halides is 3. The van der Waals surface area contributed by atoms with Gasteiger partial charge in [0.2, 0.25) is 5.82 Å². The maximum atomic E-state index is 13.7. The molecular weight excluding hydrogens is 438 g/mol. The molecule has 10 heteroatoms. The Kier molecular flexibility index (Phi) is 5.84. The van der Waals surface area contributed by atoms with Gasteiger partial charge in [-0.15, -0.1) is 5.10 Å². The smallest absolute Gasteiger partial charge is 0.319 e. The molecule has 1 N–H and O–H groups in total. The molecule has 2 heterocycles. The molecule has 0 aliphatic heterocycles. The Balaban J connectivity index is 1.69. The van der Waals surface area contributed by atoms with Gasteiger partial charge in [-0.1, -0.05) is 26.0 Å². The van der Waals surface area contributed by atoms with Crippen LogP contribution in [-0.2, 0) is 6.18 Å². The van der Waals surface area contributed by atoms with Crippen LogP contribution in [0.4, 0.5) is 23.2 Å². The summed E-state index contributed by atoms with van der Waals surface area (Å²) < 4.78 is 54.8. The van der Waals surface area contributed by atoms with Crippen molar-refractivity contribution in [3.05, 3.63) is 77.5 Å². The van der Waals surface area contributed by atoms with E-state index < -0.39 is 35.2 Å². The molecule has 2 aromatic carbocycles. The van der Waals surface area contributed by atoms with Gasteiger partial charge < -0.3 is 5.32 Å². The summed E-state index contributed by atoms with van der Waals surface area (Å²) in [5.41, 5.74) is 0.599. The molecule has 33 heavy (non-hydrogen) atoms. The highest BCUT2D eigenvalue weighted by atomic mass is 19.4. The van der Waals surface area contributed by atoms with Crippen molar-refractivity contribution in [3.8, 4) is 11.3 Å². The number of aromatic nitrogens is 4. The Hall–Kier alpha value is -3.82. The highest BCUT2D eigenvalue weighted by Gasteiger charge is 2.36. The van der Waals surface area contributed by atoms with Crippen molar-refractivity contribution >= 4 is 17.4 Å². The summed E-state index contributed by atoms with van der Waals surface area (Å²) in [4.78, 5) is 20.6. The molecule has 4 aromatic rings. The van der Waals surface area contributed by atoms with E-state index in [1.807, 2.05) is 12.1 Å². The number of nitrogens with one attached hydrogen (secondary N) is 1. The molecule has 0 bridgehead atoms. The van der Waals surface area contributed by atoms with Gasteiger partial charge in [0.05, 0.1) is 5.69 Å². The number of hydrogen-bond acceptors (Lipinski definition) is 4. The number of fused-ring (bicyclic) bond motifs is 1. The number of nitrogens with zero attached hydrogens (tertiary/aromatic N) is 4. The first-order valence-electron chi connectivity index (χ1n) is 10.2. The van der Waals surface area contributed by atoms with Gasteiger partial charge in [0.1, 0.15) is 5.82 Å². The van der Waals surface area contributed by atoms with E-state index in [-0.39, 0.29) is 11.3 Å². The van der Waals surface area contributed by atoms with Gasteiger partial charge in [-0.3, -0.25) is 4.79 Å². The molecule has 0 aliphatic rings. The fourth-order valence-corrected chi connectivity index (χ4v) is 3.25. The molecule has 0 saturated heterocycles. The third-order valence-corrected chi connectivity index (χ3v) is 5.30. The lowest BCUT2D eigenvalue weighted by molar-refractivity contribution is -0.142. The normalized spacial score (nSPS) is 12.7. The number of amides is 1. The van der Waals surface area contributed by atoms with Crippen LogP contribution < -0.4 is 5.32 Å². The van der Waals surface area contributed by atoms with Crippen LogP contribution in [-0.4, -0.2) is 25.5 Å². The quantitative estimate of drug-likeness (QED) is 0.390. The third kappa shape index (κ3) is 4.69. The third-order valence-electron chi connectivity index (χ3n) is 5.30. The van der Waals surface area contributed by atoms with Crippen molar-refractivity contribution in [1.82, 2.24) is 19.6 Å². The Morgan fingerprint density at radius 2 is 1.73 bits per heavy atom.